The summed E-state index contributed by atoms with van der Waals surface area (Å²) in [6.45, 7) is 1.42. The van der Waals surface area contributed by atoms with Gasteiger partial charge < -0.3 is 5.21 Å². The third kappa shape index (κ3) is 1.54. The standard InChI is InChI=1S/C2H6N2O2/c1-2(3-5)4-6/h5-6H,1H3,(H,3,4). The first-order valence-electron chi connectivity index (χ1n) is 1.40. The predicted molar refractivity (Wildman–Crippen MR) is 19.8 cm³/mol. The van der Waals surface area contributed by atoms with Crippen LogP contribution in [0.4, 0.5) is 0 Å². The van der Waals surface area contributed by atoms with Crippen molar-refractivity contribution in [3.05, 3.63) is 0 Å². The SMILES string of the molecule is CC(=NO)NO. The molecule has 0 atom stereocenters. The zero-order valence-electron chi connectivity index (χ0n) is 3.34. The monoisotopic (exact) mass is 90.0 g/mol. The summed E-state index contributed by atoms with van der Waals surface area (Å²) in [4.78, 5) is 0. The highest BCUT2D eigenvalue weighted by Gasteiger charge is 1.76. The van der Waals surface area contributed by atoms with E-state index in [1.54, 1.807) is 5.48 Å². The average molecular weight is 90.1 g/mol. The molecule has 0 aliphatic heterocycles. The number of rotatable bonds is 0. The summed E-state index contributed by atoms with van der Waals surface area (Å²) in [5.41, 5.74) is 1.61. The molecule has 4 nitrogen and oxygen atoms in total. The number of nitrogens with zero attached hydrogens (tertiary/aromatic N) is 1. The molecule has 0 amide bonds. The zero-order chi connectivity index (χ0) is 4.99. The molecule has 0 fully saturated rings. The normalized spacial score (nSPS) is 11.3. The lowest BCUT2D eigenvalue weighted by atomic mass is 10.7. The van der Waals surface area contributed by atoms with E-state index < -0.39 is 0 Å². The largest absolute Gasteiger partial charge is 0.409 e. The fourth-order valence-electron chi connectivity index (χ4n) is 0.0224. The maximum Gasteiger partial charge on any atom is 0.162 e. The van der Waals surface area contributed by atoms with E-state index in [1.165, 1.54) is 6.92 Å². The van der Waals surface area contributed by atoms with E-state index in [4.69, 9.17) is 10.4 Å². The van der Waals surface area contributed by atoms with Crippen LogP contribution in [-0.4, -0.2) is 16.3 Å². The second kappa shape index (κ2) is 2.47. The maximum absolute atomic E-state index is 7.79. The summed E-state index contributed by atoms with van der Waals surface area (Å²) >= 11 is 0. The third-order valence-corrected chi connectivity index (χ3v) is 0.312. The summed E-state index contributed by atoms with van der Waals surface area (Å²) < 4.78 is 0. The van der Waals surface area contributed by atoms with Gasteiger partial charge in [0.05, 0.1) is 0 Å². The molecule has 0 aliphatic carbocycles. The molecule has 0 saturated carbocycles. The van der Waals surface area contributed by atoms with Crippen LogP contribution in [0.5, 0.6) is 0 Å². The first-order valence-corrected chi connectivity index (χ1v) is 1.40. The molecule has 0 spiro atoms. The van der Waals surface area contributed by atoms with Crippen molar-refractivity contribution in [2.45, 2.75) is 6.92 Å². The van der Waals surface area contributed by atoms with Crippen LogP contribution in [-0.2, 0) is 0 Å². The van der Waals surface area contributed by atoms with E-state index in [0.29, 0.717) is 0 Å². The number of amidine groups is 1. The van der Waals surface area contributed by atoms with Crippen LogP contribution in [0.2, 0.25) is 0 Å². The Morgan fingerprint density at radius 1 is 1.83 bits per heavy atom. The molecule has 0 saturated heterocycles. The summed E-state index contributed by atoms with van der Waals surface area (Å²) in [6, 6.07) is 0. The second-order valence-corrected chi connectivity index (χ2v) is 0.797. The molecule has 0 aromatic carbocycles. The van der Waals surface area contributed by atoms with Gasteiger partial charge in [-0.15, -0.1) is 0 Å². The van der Waals surface area contributed by atoms with Gasteiger partial charge >= 0.3 is 0 Å². The minimum atomic E-state index is 0.0787. The van der Waals surface area contributed by atoms with Crippen molar-refractivity contribution in [1.82, 2.24) is 5.48 Å². The molecular formula is C2H6N2O2. The molecule has 0 heterocycles. The quantitative estimate of drug-likeness (QED) is 0.167. The van der Waals surface area contributed by atoms with Crippen LogP contribution in [0.3, 0.4) is 0 Å². The Morgan fingerprint density at radius 2 is 2.33 bits per heavy atom. The lowest BCUT2D eigenvalue weighted by molar-refractivity contribution is 0.222. The molecule has 0 radical (unpaired) electrons. The van der Waals surface area contributed by atoms with Gasteiger partial charge in [-0.3, -0.25) is 10.7 Å². The molecule has 3 N–H and O–H groups in total. The van der Waals surface area contributed by atoms with E-state index in [0.717, 1.165) is 0 Å². The Kier molecular flexibility index (Phi) is 2.15. The number of nitrogens with one attached hydrogen (secondary N) is 1. The lowest BCUT2D eigenvalue weighted by Gasteiger charge is -1.86. The highest BCUT2D eigenvalue weighted by molar-refractivity contribution is 5.77. The van der Waals surface area contributed by atoms with Gasteiger partial charge in [-0.2, -0.15) is 0 Å². The van der Waals surface area contributed by atoms with Crippen molar-refractivity contribution in [3.8, 4) is 0 Å². The molecule has 0 bridgehead atoms. The zero-order valence-corrected chi connectivity index (χ0v) is 3.34. The predicted octanol–water partition coefficient (Wildman–Crippen LogP) is -0.227. The first-order chi connectivity index (χ1) is 2.81. The van der Waals surface area contributed by atoms with Crippen LogP contribution >= 0.6 is 0 Å². The van der Waals surface area contributed by atoms with Gasteiger partial charge in [0.25, 0.3) is 0 Å². The van der Waals surface area contributed by atoms with Crippen LogP contribution in [0.25, 0.3) is 0 Å². The van der Waals surface area contributed by atoms with Gasteiger partial charge in [0.15, 0.2) is 5.84 Å². The van der Waals surface area contributed by atoms with Crippen LogP contribution in [0.1, 0.15) is 6.92 Å². The molecule has 4 heteroatoms. The summed E-state index contributed by atoms with van der Waals surface area (Å²) in [7, 11) is 0. The average Bonchev–Trinajstić information content (AvgIpc) is 1.65. The molecule has 0 rings (SSSR count). The van der Waals surface area contributed by atoms with Gasteiger partial charge in [0.2, 0.25) is 0 Å². The molecule has 0 aromatic heterocycles. The minimum absolute atomic E-state index is 0.0787. The van der Waals surface area contributed by atoms with Gasteiger partial charge in [0.1, 0.15) is 0 Å². The van der Waals surface area contributed by atoms with Gasteiger partial charge in [0, 0.05) is 0 Å². The van der Waals surface area contributed by atoms with Gasteiger partial charge in [-0.05, 0) is 6.92 Å². The Balaban J connectivity index is 3.22. The van der Waals surface area contributed by atoms with Crippen LogP contribution in [0, 0.1) is 0 Å². The Hall–Kier alpha value is -0.770. The second-order valence-electron chi connectivity index (χ2n) is 0.797. The van der Waals surface area contributed by atoms with E-state index in [-0.39, 0.29) is 5.84 Å². The van der Waals surface area contributed by atoms with Crippen LogP contribution < -0.4 is 5.48 Å². The topological polar surface area (TPSA) is 64.9 Å². The van der Waals surface area contributed by atoms with E-state index in [9.17, 15) is 0 Å². The van der Waals surface area contributed by atoms with E-state index in [1.807, 2.05) is 0 Å². The maximum atomic E-state index is 7.79. The summed E-state index contributed by atoms with van der Waals surface area (Å²) in [5, 5.41) is 18.1. The fourth-order valence-corrected chi connectivity index (χ4v) is 0.0224. The van der Waals surface area contributed by atoms with Crippen molar-refractivity contribution in [2.24, 2.45) is 5.16 Å². The summed E-state index contributed by atoms with van der Waals surface area (Å²) in [5.74, 6) is 0.0787. The molecule has 0 unspecified atom stereocenters. The van der Waals surface area contributed by atoms with Crippen molar-refractivity contribution < 1.29 is 10.4 Å². The summed E-state index contributed by atoms with van der Waals surface area (Å²) in [6.07, 6.45) is 0. The Morgan fingerprint density at radius 3 is 2.33 bits per heavy atom. The van der Waals surface area contributed by atoms with Crippen LogP contribution in [0.15, 0.2) is 5.16 Å². The molecule has 0 aliphatic rings. The van der Waals surface area contributed by atoms with Crippen molar-refractivity contribution >= 4 is 5.84 Å². The fraction of sp³-hybridized carbons (Fsp3) is 0.500. The number of oxime groups is 1. The highest BCUT2D eigenvalue weighted by atomic mass is 16.5. The first kappa shape index (κ1) is 5.23. The Labute approximate surface area is 35.0 Å². The van der Waals surface area contributed by atoms with Crippen molar-refractivity contribution in [2.75, 3.05) is 0 Å². The van der Waals surface area contributed by atoms with Crippen molar-refractivity contribution in [1.29, 1.82) is 0 Å². The number of hydrogen-bond acceptors (Lipinski definition) is 3. The minimum Gasteiger partial charge on any atom is -0.409 e. The van der Waals surface area contributed by atoms with E-state index >= 15 is 0 Å². The number of hydroxylamine groups is 1. The lowest BCUT2D eigenvalue weighted by Crippen LogP contribution is -2.13. The van der Waals surface area contributed by atoms with Gasteiger partial charge in [-0.25, -0.2) is 0 Å². The molecule has 0 aromatic rings. The molecular weight excluding hydrogens is 84.0 g/mol. The highest BCUT2D eigenvalue weighted by Crippen LogP contribution is 1.58. The third-order valence-electron chi connectivity index (χ3n) is 0.312. The smallest absolute Gasteiger partial charge is 0.162 e. The Bertz CT molecular complexity index is 60.6. The molecule has 36 valence electrons. The number of hydrogen-bond donors (Lipinski definition) is 3. The van der Waals surface area contributed by atoms with Gasteiger partial charge in [-0.1, -0.05) is 5.16 Å². The van der Waals surface area contributed by atoms with E-state index in [2.05, 4.69) is 5.16 Å². The molecule has 6 heavy (non-hydrogen) atoms. The van der Waals surface area contributed by atoms with Crippen molar-refractivity contribution in [3.63, 3.8) is 0 Å².